The number of rotatable bonds is 6. The fourth-order valence-electron chi connectivity index (χ4n) is 1.85. The van der Waals surface area contributed by atoms with E-state index in [-0.39, 0.29) is 17.8 Å². The van der Waals surface area contributed by atoms with Crippen LogP contribution < -0.4 is 5.73 Å². The number of aryl methyl sites for hydroxylation is 1. The molecule has 0 aliphatic carbocycles. The van der Waals surface area contributed by atoms with Crippen LogP contribution in [0.3, 0.4) is 0 Å². The van der Waals surface area contributed by atoms with Crippen LogP contribution in [-0.4, -0.2) is 13.1 Å². The van der Waals surface area contributed by atoms with Crippen molar-refractivity contribution in [1.29, 1.82) is 0 Å². The summed E-state index contributed by atoms with van der Waals surface area (Å²) in [6.07, 6.45) is 2.60. The van der Waals surface area contributed by atoms with Gasteiger partial charge in [-0.2, -0.15) is 0 Å². The van der Waals surface area contributed by atoms with E-state index < -0.39 is 0 Å². The molecule has 0 saturated carbocycles. The lowest BCUT2D eigenvalue weighted by molar-refractivity contribution is -0.140. The van der Waals surface area contributed by atoms with Crippen molar-refractivity contribution in [2.75, 3.05) is 7.11 Å². The fraction of sp³-hybridized carbons (Fsp3) is 0.500. The van der Waals surface area contributed by atoms with Crippen LogP contribution in [0.15, 0.2) is 12.1 Å². The molecule has 0 amide bonds. The molecule has 0 spiro atoms. The Morgan fingerprint density at radius 3 is 2.79 bits per heavy atom. The number of methoxy groups -OCH3 is 1. The first kappa shape index (κ1) is 15.9. The largest absolute Gasteiger partial charge is 0.469 e. The maximum absolute atomic E-state index is 13.3. The second-order valence-electron chi connectivity index (χ2n) is 4.55. The van der Waals surface area contributed by atoms with Crippen molar-refractivity contribution >= 4 is 17.6 Å². The molecule has 0 aromatic heterocycles. The summed E-state index contributed by atoms with van der Waals surface area (Å²) < 4.78 is 17.8. The Labute approximate surface area is 117 Å². The van der Waals surface area contributed by atoms with Crippen LogP contribution >= 0.6 is 11.6 Å². The normalized spacial score (nSPS) is 12.3. The number of benzene rings is 1. The molecule has 1 aromatic carbocycles. The van der Waals surface area contributed by atoms with E-state index in [0.717, 1.165) is 18.4 Å². The molecule has 0 saturated heterocycles. The highest BCUT2D eigenvalue weighted by Gasteiger charge is 2.13. The van der Waals surface area contributed by atoms with Crippen LogP contribution in [0.1, 0.15) is 42.9 Å². The summed E-state index contributed by atoms with van der Waals surface area (Å²) in [5.41, 5.74) is 7.32. The molecule has 0 aliphatic rings. The first-order valence-corrected chi connectivity index (χ1v) is 6.61. The van der Waals surface area contributed by atoms with Crippen molar-refractivity contribution in [3.63, 3.8) is 0 Å². The number of carbonyl (C=O) groups excluding carboxylic acids is 1. The van der Waals surface area contributed by atoms with Gasteiger partial charge in [0.2, 0.25) is 0 Å². The van der Waals surface area contributed by atoms with Gasteiger partial charge in [0.25, 0.3) is 0 Å². The Kier molecular flexibility index (Phi) is 6.25. The molecule has 1 atom stereocenters. The minimum atomic E-state index is -0.327. The maximum Gasteiger partial charge on any atom is 0.305 e. The number of unbranched alkanes of at least 4 members (excludes halogenated alkanes) is 1. The van der Waals surface area contributed by atoms with Gasteiger partial charge < -0.3 is 10.5 Å². The molecule has 5 heteroatoms. The van der Waals surface area contributed by atoms with Crippen molar-refractivity contribution in [2.45, 2.75) is 38.6 Å². The predicted molar refractivity (Wildman–Crippen MR) is 73.6 cm³/mol. The average Bonchev–Trinajstić information content (AvgIpc) is 2.38. The number of hydrogen-bond acceptors (Lipinski definition) is 3. The van der Waals surface area contributed by atoms with Crippen molar-refractivity contribution < 1.29 is 13.9 Å². The van der Waals surface area contributed by atoms with E-state index in [1.54, 1.807) is 13.0 Å². The number of esters is 1. The molecule has 19 heavy (non-hydrogen) atoms. The van der Waals surface area contributed by atoms with Gasteiger partial charge in [-0.05, 0) is 37.0 Å². The summed E-state index contributed by atoms with van der Waals surface area (Å²) in [6.45, 7) is 1.68. The Bertz CT molecular complexity index is 451. The highest BCUT2D eigenvalue weighted by Crippen LogP contribution is 2.27. The number of nitrogens with two attached hydrogens (primary N) is 1. The van der Waals surface area contributed by atoms with Gasteiger partial charge in [-0.1, -0.05) is 24.1 Å². The van der Waals surface area contributed by atoms with Gasteiger partial charge in [0.1, 0.15) is 5.82 Å². The van der Waals surface area contributed by atoms with Crippen molar-refractivity contribution in [3.8, 4) is 0 Å². The SMILES string of the molecule is COC(=O)CCCCC(N)c1cc(C)c(F)cc1Cl. The van der Waals surface area contributed by atoms with Crippen LogP contribution in [0.2, 0.25) is 5.02 Å². The second-order valence-corrected chi connectivity index (χ2v) is 4.96. The zero-order valence-electron chi connectivity index (χ0n) is 11.2. The van der Waals surface area contributed by atoms with E-state index in [1.807, 2.05) is 0 Å². The monoisotopic (exact) mass is 287 g/mol. The molecule has 3 nitrogen and oxygen atoms in total. The molecule has 1 unspecified atom stereocenters. The van der Waals surface area contributed by atoms with E-state index >= 15 is 0 Å². The molecule has 0 heterocycles. The van der Waals surface area contributed by atoms with Crippen molar-refractivity contribution in [2.24, 2.45) is 5.73 Å². The first-order valence-electron chi connectivity index (χ1n) is 6.23. The summed E-state index contributed by atoms with van der Waals surface area (Å²) in [4.78, 5) is 10.9. The summed E-state index contributed by atoms with van der Waals surface area (Å²) in [7, 11) is 1.37. The third-order valence-corrected chi connectivity index (χ3v) is 3.38. The molecule has 106 valence electrons. The number of hydrogen-bond donors (Lipinski definition) is 1. The van der Waals surface area contributed by atoms with Crippen LogP contribution in [0, 0.1) is 12.7 Å². The predicted octanol–water partition coefficient (Wildman–Crippen LogP) is 3.52. The Balaban J connectivity index is 2.52. The van der Waals surface area contributed by atoms with Crippen LogP contribution in [0.4, 0.5) is 4.39 Å². The lowest BCUT2D eigenvalue weighted by Gasteiger charge is -2.14. The molecule has 1 rings (SSSR count). The zero-order valence-corrected chi connectivity index (χ0v) is 12.0. The van der Waals surface area contributed by atoms with Gasteiger partial charge >= 0.3 is 5.97 Å². The van der Waals surface area contributed by atoms with Gasteiger partial charge in [0.05, 0.1) is 7.11 Å². The molecule has 0 radical (unpaired) electrons. The first-order chi connectivity index (χ1) is 8.95. The topological polar surface area (TPSA) is 52.3 Å². The Morgan fingerprint density at radius 1 is 1.47 bits per heavy atom. The van der Waals surface area contributed by atoms with Crippen molar-refractivity contribution in [1.82, 2.24) is 0 Å². The molecular formula is C14H19ClFNO2. The zero-order chi connectivity index (χ0) is 14.4. The molecule has 0 aliphatic heterocycles. The van der Waals surface area contributed by atoms with Crippen LogP contribution in [0.25, 0.3) is 0 Å². The van der Waals surface area contributed by atoms with E-state index in [9.17, 15) is 9.18 Å². The summed E-state index contributed by atoms with van der Waals surface area (Å²) in [6, 6.07) is 2.73. The summed E-state index contributed by atoms with van der Waals surface area (Å²) >= 11 is 5.99. The van der Waals surface area contributed by atoms with Gasteiger partial charge in [-0.25, -0.2) is 4.39 Å². The van der Waals surface area contributed by atoms with Crippen molar-refractivity contribution in [3.05, 3.63) is 34.1 Å². The third-order valence-electron chi connectivity index (χ3n) is 3.05. The Hall–Kier alpha value is -1.13. The molecular weight excluding hydrogens is 269 g/mol. The van der Waals surface area contributed by atoms with Gasteiger partial charge in [-0.15, -0.1) is 0 Å². The lowest BCUT2D eigenvalue weighted by atomic mass is 9.99. The molecule has 0 fully saturated rings. The van der Waals surface area contributed by atoms with E-state index in [1.165, 1.54) is 13.2 Å². The third kappa shape index (κ3) is 4.80. The van der Waals surface area contributed by atoms with Gasteiger partial charge in [-0.3, -0.25) is 4.79 Å². The van der Waals surface area contributed by atoms with Crippen LogP contribution in [0.5, 0.6) is 0 Å². The summed E-state index contributed by atoms with van der Waals surface area (Å²) in [5, 5.41) is 0.351. The van der Waals surface area contributed by atoms with Gasteiger partial charge in [0.15, 0.2) is 0 Å². The number of ether oxygens (including phenoxy) is 1. The number of carbonyl (C=O) groups is 1. The highest BCUT2D eigenvalue weighted by atomic mass is 35.5. The smallest absolute Gasteiger partial charge is 0.305 e. The average molecular weight is 288 g/mol. The standard InChI is InChI=1S/C14H19ClFNO2/c1-9-7-10(11(15)8-12(9)16)13(17)5-3-4-6-14(18)19-2/h7-8,13H,3-6,17H2,1-2H3. The van der Waals surface area contributed by atoms with E-state index in [2.05, 4.69) is 4.74 Å². The highest BCUT2D eigenvalue weighted by molar-refractivity contribution is 6.31. The fourth-order valence-corrected chi connectivity index (χ4v) is 2.15. The molecule has 2 N–H and O–H groups in total. The van der Waals surface area contributed by atoms with Crippen LogP contribution in [-0.2, 0) is 9.53 Å². The molecule has 1 aromatic rings. The molecule has 0 bridgehead atoms. The van der Waals surface area contributed by atoms with E-state index in [4.69, 9.17) is 17.3 Å². The Morgan fingerprint density at radius 2 is 2.16 bits per heavy atom. The second kappa shape index (κ2) is 7.46. The summed E-state index contributed by atoms with van der Waals surface area (Å²) in [5.74, 6) is -0.545. The minimum Gasteiger partial charge on any atom is -0.469 e. The van der Waals surface area contributed by atoms with E-state index in [0.29, 0.717) is 23.4 Å². The quantitative estimate of drug-likeness (QED) is 0.643. The lowest BCUT2D eigenvalue weighted by Crippen LogP contribution is -2.12. The maximum atomic E-state index is 13.3. The minimum absolute atomic E-state index is 0.218. The number of halogens is 2. The van der Waals surface area contributed by atoms with Gasteiger partial charge in [0, 0.05) is 17.5 Å².